The number of carbonyl (C=O) groups excluding carboxylic acids is 2. The quantitative estimate of drug-likeness (QED) is 0.569. The monoisotopic (exact) mass is 374 g/mol. The zero-order valence-corrected chi connectivity index (χ0v) is 17.3. The summed E-state index contributed by atoms with van der Waals surface area (Å²) >= 11 is 0. The number of esters is 2. The molecular formula is C23H34O4. The second-order valence-corrected chi connectivity index (χ2v) is 8.77. The Labute approximate surface area is 163 Å². The smallest absolute Gasteiger partial charge is 0.312 e. The molecule has 1 aromatic carbocycles. The van der Waals surface area contributed by atoms with E-state index in [-0.39, 0.29) is 24.5 Å². The van der Waals surface area contributed by atoms with Crippen LogP contribution in [0.15, 0.2) is 30.3 Å². The van der Waals surface area contributed by atoms with Crippen LogP contribution in [0.25, 0.3) is 0 Å². The average molecular weight is 375 g/mol. The minimum atomic E-state index is -0.550. The minimum Gasteiger partial charge on any atom is -0.460 e. The molecule has 4 nitrogen and oxygen atoms in total. The van der Waals surface area contributed by atoms with Crippen LogP contribution in [-0.4, -0.2) is 17.5 Å². The summed E-state index contributed by atoms with van der Waals surface area (Å²) in [6.45, 7) is 7.99. The Morgan fingerprint density at radius 3 is 2.30 bits per heavy atom. The fourth-order valence-electron chi connectivity index (χ4n) is 3.93. The number of hydrogen-bond donors (Lipinski definition) is 0. The van der Waals surface area contributed by atoms with Gasteiger partial charge in [0.25, 0.3) is 0 Å². The highest BCUT2D eigenvalue weighted by atomic mass is 16.6. The number of rotatable bonds is 8. The summed E-state index contributed by atoms with van der Waals surface area (Å²) in [5.74, 6) is -0.600. The van der Waals surface area contributed by atoms with Crippen LogP contribution < -0.4 is 0 Å². The molecule has 1 aromatic rings. The summed E-state index contributed by atoms with van der Waals surface area (Å²) in [5, 5.41) is 0. The van der Waals surface area contributed by atoms with Gasteiger partial charge in [-0.05, 0) is 52.0 Å². The van der Waals surface area contributed by atoms with Gasteiger partial charge in [-0.2, -0.15) is 0 Å². The molecule has 1 fully saturated rings. The Bertz CT molecular complexity index is 609. The first-order valence-electron chi connectivity index (χ1n) is 10.2. The van der Waals surface area contributed by atoms with Crippen molar-refractivity contribution in [3.63, 3.8) is 0 Å². The van der Waals surface area contributed by atoms with E-state index in [2.05, 4.69) is 6.92 Å². The number of carbonyl (C=O) groups is 2. The van der Waals surface area contributed by atoms with Crippen LogP contribution in [0.2, 0.25) is 0 Å². The van der Waals surface area contributed by atoms with Gasteiger partial charge >= 0.3 is 11.9 Å². The van der Waals surface area contributed by atoms with Crippen molar-refractivity contribution in [2.24, 2.45) is 11.3 Å². The highest BCUT2D eigenvalue weighted by molar-refractivity contribution is 5.79. The summed E-state index contributed by atoms with van der Waals surface area (Å²) in [6, 6.07) is 9.73. The lowest BCUT2D eigenvalue weighted by atomic mass is 9.76. The van der Waals surface area contributed by atoms with Gasteiger partial charge in [-0.1, -0.05) is 56.5 Å². The Kier molecular flexibility index (Phi) is 7.46. The van der Waals surface area contributed by atoms with Crippen LogP contribution in [-0.2, 0) is 25.7 Å². The number of benzene rings is 1. The van der Waals surface area contributed by atoms with E-state index in [1.165, 1.54) is 0 Å². The molecule has 0 unspecified atom stereocenters. The first kappa shape index (κ1) is 21.5. The van der Waals surface area contributed by atoms with E-state index in [9.17, 15) is 9.59 Å². The largest absolute Gasteiger partial charge is 0.460 e. The molecule has 1 saturated carbocycles. The minimum absolute atomic E-state index is 0.159. The van der Waals surface area contributed by atoms with Gasteiger partial charge in [0, 0.05) is 0 Å². The molecule has 150 valence electrons. The number of hydrogen-bond acceptors (Lipinski definition) is 4. The Balaban J connectivity index is 2.08. The summed E-state index contributed by atoms with van der Waals surface area (Å²) in [4.78, 5) is 25.7. The van der Waals surface area contributed by atoms with E-state index < -0.39 is 11.0 Å². The van der Waals surface area contributed by atoms with Gasteiger partial charge in [0.1, 0.15) is 12.2 Å². The highest BCUT2D eigenvalue weighted by Crippen LogP contribution is 2.45. The number of ether oxygens (including phenoxy) is 2. The van der Waals surface area contributed by atoms with E-state index in [0.717, 1.165) is 44.1 Å². The SMILES string of the molecule is CCC[C@H](CC1(C(=O)OCc2ccccc2)CCCC1)C(=O)OC(C)(C)C. The van der Waals surface area contributed by atoms with E-state index in [0.29, 0.717) is 6.42 Å². The lowest BCUT2D eigenvalue weighted by Crippen LogP contribution is -2.36. The molecule has 0 spiro atoms. The van der Waals surface area contributed by atoms with Crippen molar-refractivity contribution in [2.75, 3.05) is 0 Å². The predicted octanol–water partition coefficient (Wildman–Crippen LogP) is 5.44. The molecular weight excluding hydrogens is 340 g/mol. The summed E-state index contributed by atoms with van der Waals surface area (Å²) in [5.41, 5.74) is -0.0816. The Morgan fingerprint density at radius 1 is 1.11 bits per heavy atom. The standard InChI is InChI=1S/C23H34O4/c1-5-11-19(20(24)27-22(2,3)4)16-23(14-9-10-15-23)21(25)26-17-18-12-7-6-8-13-18/h6-8,12-13,19H,5,9-11,14-17H2,1-4H3/t19-/m1/s1. The Morgan fingerprint density at radius 2 is 1.74 bits per heavy atom. The second-order valence-electron chi connectivity index (χ2n) is 8.77. The molecule has 0 N–H and O–H groups in total. The third-order valence-corrected chi connectivity index (χ3v) is 5.22. The normalized spacial score (nSPS) is 17.3. The van der Waals surface area contributed by atoms with Gasteiger partial charge in [-0.25, -0.2) is 0 Å². The molecule has 1 atom stereocenters. The fraction of sp³-hybridized carbons (Fsp3) is 0.652. The van der Waals surface area contributed by atoms with Gasteiger partial charge < -0.3 is 9.47 Å². The zero-order valence-electron chi connectivity index (χ0n) is 17.3. The third kappa shape index (κ3) is 6.37. The lowest BCUT2D eigenvalue weighted by molar-refractivity contribution is -0.165. The molecule has 4 heteroatoms. The van der Waals surface area contributed by atoms with Crippen LogP contribution in [0.4, 0.5) is 0 Å². The second kappa shape index (κ2) is 9.38. The van der Waals surface area contributed by atoms with Crippen LogP contribution in [0.1, 0.15) is 78.2 Å². The first-order chi connectivity index (χ1) is 12.8. The molecule has 1 aliphatic carbocycles. The van der Waals surface area contributed by atoms with Gasteiger partial charge in [-0.3, -0.25) is 9.59 Å². The lowest BCUT2D eigenvalue weighted by Gasteiger charge is -2.31. The molecule has 0 heterocycles. The van der Waals surface area contributed by atoms with E-state index in [1.54, 1.807) is 0 Å². The predicted molar refractivity (Wildman–Crippen MR) is 106 cm³/mol. The van der Waals surface area contributed by atoms with Crippen LogP contribution >= 0.6 is 0 Å². The van der Waals surface area contributed by atoms with Gasteiger partial charge in [0.05, 0.1) is 11.3 Å². The molecule has 0 aliphatic heterocycles. The average Bonchev–Trinajstić information content (AvgIpc) is 3.08. The molecule has 0 aromatic heterocycles. The van der Waals surface area contributed by atoms with Crippen molar-refractivity contribution in [3.05, 3.63) is 35.9 Å². The maximum absolute atomic E-state index is 13.0. The van der Waals surface area contributed by atoms with Crippen molar-refractivity contribution in [1.82, 2.24) is 0 Å². The third-order valence-electron chi connectivity index (χ3n) is 5.22. The molecule has 27 heavy (non-hydrogen) atoms. The van der Waals surface area contributed by atoms with Crippen molar-refractivity contribution >= 4 is 11.9 Å². The fourth-order valence-corrected chi connectivity index (χ4v) is 3.93. The molecule has 0 bridgehead atoms. The first-order valence-corrected chi connectivity index (χ1v) is 10.2. The van der Waals surface area contributed by atoms with Crippen LogP contribution in [0.5, 0.6) is 0 Å². The van der Waals surface area contributed by atoms with Crippen molar-refractivity contribution in [1.29, 1.82) is 0 Å². The van der Waals surface area contributed by atoms with Gasteiger partial charge in [0.2, 0.25) is 0 Å². The molecule has 0 radical (unpaired) electrons. The van der Waals surface area contributed by atoms with Crippen LogP contribution in [0, 0.1) is 11.3 Å². The van der Waals surface area contributed by atoms with E-state index >= 15 is 0 Å². The van der Waals surface area contributed by atoms with Crippen molar-refractivity contribution in [3.8, 4) is 0 Å². The molecule has 0 saturated heterocycles. The summed E-state index contributed by atoms with van der Waals surface area (Å²) < 4.78 is 11.3. The molecule has 1 aliphatic rings. The maximum Gasteiger partial charge on any atom is 0.312 e. The van der Waals surface area contributed by atoms with E-state index in [1.807, 2.05) is 51.1 Å². The van der Waals surface area contributed by atoms with Crippen molar-refractivity contribution < 1.29 is 19.1 Å². The van der Waals surface area contributed by atoms with Gasteiger partial charge in [-0.15, -0.1) is 0 Å². The van der Waals surface area contributed by atoms with Crippen LogP contribution in [0.3, 0.4) is 0 Å². The summed E-state index contributed by atoms with van der Waals surface area (Å²) in [7, 11) is 0. The topological polar surface area (TPSA) is 52.6 Å². The van der Waals surface area contributed by atoms with E-state index in [4.69, 9.17) is 9.47 Å². The summed E-state index contributed by atoms with van der Waals surface area (Å²) in [6.07, 6.45) is 5.76. The van der Waals surface area contributed by atoms with Crippen molar-refractivity contribution in [2.45, 2.75) is 84.8 Å². The molecule has 0 amide bonds. The zero-order chi connectivity index (χ0) is 19.9. The maximum atomic E-state index is 13.0. The molecule has 2 rings (SSSR count). The highest BCUT2D eigenvalue weighted by Gasteiger charge is 2.45. The van der Waals surface area contributed by atoms with Gasteiger partial charge in [0.15, 0.2) is 0 Å². The Hall–Kier alpha value is -1.84.